The first-order valence-electron chi connectivity index (χ1n) is 8.81. The summed E-state index contributed by atoms with van der Waals surface area (Å²) in [4.78, 5) is 51.6. The second-order valence-corrected chi connectivity index (χ2v) is 6.00. The molecule has 1 aliphatic heterocycles. The summed E-state index contributed by atoms with van der Waals surface area (Å²) in [6, 6.07) is -0.726. The van der Waals surface area contributed by atoms with E-state index in [2.05, 4.69) is 4.84 Å². The van der Waals surface area contributed by atoms with Crippen molar-refractivity contribution in [1.29, 1.82) is 0 Å². The van der Waals surface area contributed by atoms with E-state index in [1.54, 1.807) is 0 Å². The molecule has 0 aromatic rings. The molecule has 1 aliphatic rings. The normalized spacial score (nSPS) is 17.5. The van der Waals surface area contributed by atoms with Gasteiger partial charge < -0.3 is 19.2 Å². The van der Waals surface area contributed by atoms with Crippen molar-refractivity contribution in [3.05, 3.63) is 10.1 Å². The number of rotatable bonds is 11. The predicted molar refractivity (Wildman–Crippen MR) is 88.1 cm³/mol. The molecule has 0 spiro atoms. The van der Waals surface area contributed by atoms with E-state index in [0.717, 1.165) is 6.42 Å². The van der Waals surface area contributed by atoms with Crippen molar-refractivity contribution < 1.29 is 33.8 Å². The molecule has 1 amide bonds. The van der Waals surface area contributed by atoms with Gasteiger partial charge in [0.25, 0.3) is 5.09 Å². The maximum absolute atomic E-state index is 12.3. The lowest BCUT2D eigenvalue weighted by atomic mass is 10.2. The maximum Gasteiger partial charge on any atom is 0.331 e. The molecule has 10 heteroatoms. The molecule has 0 aromatic heterocycles. The molecule has 0 radical (unpaired) electrons. The van der Waals surface area contributed by atoms with Crippen LogP contribution in [-0.4, -0.2) is 53.3 Å². The van der Waals surface area contributed by atoms with Crippen LogP contribution < -0.4 is 0 Å². The molecule has 0 aliphatic carbocycles. The summed E-state index contributed by atoms with van der Waals surface area (Å²) in [6.45, 7) is 3.65. The van der Waals surface area contributed by atoms with Gasteiger partial charge in [0.15, 0.2) is 0 Å². The summed E-state index contributed by atoms with van der Waals surface area (Å²) < 4.78 is 10.1. The lowest BCUT2D eigenvalue weighted by Crippen LogP contribution is -2.42. The third kappa shape index (κ3) is 7.66. The van der Waals surface area contributed by atoms with Crippen molar-refractivity contribution in [2.24, 2.45) is 0 Å². The highest BCUT2D eigenvalue weighted by molar-refractivity contribution is 5.85. The van der Waals surface area contributed by atoms with Gasteiger partial charge in [0.2, 0.25) is 12.2 Å². The van der Waals surface area contributed by atoms with Gasteiger partial charge in [-0.1, -0.05) is 13.3 Å². The Morgan fingerprint density at radius 3 is 2.62 bits per heavy atom. The van der Waals surface area contributed by atoms with Crippen LogP contribution in [0.1, 0.15) is 58.8 Å². The van der Waals surface area contributed by atoms with E-state index in [-0.39, 0.29) is 31.8 Å². The predicted octanol–water partition coefficient (Wildman–Crippen LogP) is 1.59. The number of unbranched alkanes of at least 4 members (excludes halogenated alkanes) is 1. The van der Waals surface area contributed by atoms with Gasteiger partial charge in [0, 0.05) is 26.3 Å². The molecule has 1 rings (SSSR count). The Kier molecular flexibility index (Phi) is 9.38. The minimum Gasteiger partial charge on any atom is -0.425 e. The summed E-state index contributed by atoms with van der Waals surface area (Å²) in [5.41, 5.74) is 0. The highest BCUT2D eigenvalue weighted by Gasteiger charge is 2.35. The second kappa shape index (κ2) is 11.3. The quantitative estimate of drug-likeness (QED) is 0.175. The van der Waals surface area contributed by atoms with Crippen LogP contribution in [0.3, 0.4) is 0 Å². The highest BCUT2D eigenvalue weighted by Crippen LogP contribution is 2.20. The Balaban J connectivity index is 2.42. The monoisotopic (exact) mass is 374 g/mol. The molecule has 1 fully saturated rings. The molecule has 1 saturated heterocycles. The van der Waals surface area contributed by atoms with Gasteiger partial charge in [-0.25, -0.2) is 4.79 Å². The minimum absolute atomic E-state index is 0.0409. The van der Waals surface area contributed by atoms with Crippen LogP contribution in [0, 0.1) is 10.1 Å². The van der Waals surface area contributed by atoms with Gasteiger partial charge in [-0.05, 0) is 25.7 Å². The first-order chi connectivity index (χ1) is 12.3. The lowest BCUT2D eigenvalue weighted by molar-refractivity contribution is -0.757. The van der Waals surface area contributed by atoms with Crippen molar-refractivity contribution in [3.63, 3.8) is 0 Å². The van der Waals surface area contributed by atoms with Gasteiger partial charge in [-0.15, -0.1) is 10.1 Å². The van der Waals surface area contributed by atoms with Crippen molar-refractivity contribution in [3.8, 4) is 0 Å². The molecule has 0 saturated carbocycles. The second-order valence-electron chi connectivity index (χ2n) is 6.00. The van der Waals surface area contributed by atoms with E-state index in [9.17, 15) is 24.5 Å². The number of amides is 1. The average molecular weight is 374 g/mol. The zero-order chi connectivity index (χ0) is 19.5. The van der Waals surface area contributed by atoms with Crippen LogP contribution in [0.2, 0.25) is 0 Å². The Bertz CT molecular complexity index is 510. The highest BCUT2D eigenvalue weighted by atomic mass is 16.9. The maximum atomic E-state index is 12.3. The van der Waals surface area contributed by atoms with E-state index >= 15 is 0 Å². The van der Waals surface area contributed by atoms with Gasteiger partial charge in [0.05, 0.1) is 6.61 Å². The van der Waals surface area contributed by atoms with Gasteiger partial charge >= 0.3 is 11.9 Å². The Hall–Kier alpha value is -2.39. The molecule has 2 atom stereocenters. The van der Waals surface area contributed by atoms with Crippen LogP contribution in [0.4, 0.5) is 0 Å². The molecule has 1 heterocycles. The van der Waals surface area contributed by atoms with Crippen LogP contribution >= 0.6 is 0 Å². The van der Waals surface area contributed by atoms with E-state index in [4.69, 9.17) is 9.47 Å². The van der Waals surface area contributed by atoms with Gasteiger partial charge in [-0.2, -0.15) is 0 Å². The van der Waals surface area contributed by atoms with Crippen LogP contribution in [0.5, 0.6) is 0 Å². The lowest BCUT2D eigenvalue weighted by Gasteiger charge is -2.24. The van der Waals surface area contributed by atoms with Crippen molar-refractivity contribution in [2.45, 2.75) is 71.1 Å². The third-order valence-electron chi connectivity index (χ3n) is 3.89. The first kappa shape index (κ1) is 21.7. The number of hydrogen-bond donors (Lipinski definition) is 0. The van der Waals surface area contributed by atoms with E-state index in [1.807, 2.05) is 6.92 Å². The Morgan fingerprint density at radius 1 is 1.23 bits per heavy atom. The number of ether oxygens (including phenoxy) is 2. The smallest absolute Gasteiger partial charge is 0.331 e. The summed E-state index contributed by atoms with van der Waals surface area (Å²) in [5, 5.41) is 9.16. The van der Waals surface area contributed by atoms with E-state index in [1.165, 1.54) is 11.8 Å². The van der Waals surface area contributed by atoms with Crippen LogP contribution in [-0.2, 0) is 28.7 Å². The molecule has 0 bridgehead atoms. The number of esters is 2. The first-order valence-corrected chi connectivity index (χ1v) is 8.81. The number of nitrogens with zero attached hydrogens (tertiary/aromatic N) is 2. The Morgan fingerprint density at radius 2 is 1.96 bits per heavy atom. The molecular formula is C16H26N2O8. The van der Waals surface area contributed by atoms with Gasteiger partial charge in [-0.3, -0.25) is 9.59 Å². The minimum atomic E-state index is -1.02. The fourth-order valence-electron chi connectivity index (χ4n) is 2.65. The Labute approximate surface area is 151 Å². The van der Waals surface area contributed by atoms with E-state index < -0.39 is 29.4 Å². The van der Waals surface area contributed by atoms with Crippen molar-refractivity contribution in [2.75, 3.05) is 13.2 Å². The summed E-state index contributed by atoms with van der Waals surface area (Å²) in [6.07, 6.45) is 2.15. The summed E-state index contributed by atoms with van der Waals surface area (Å²) in [5.74, 6) is -1.34. The summed E-state index contributed by atoms with van der Waals surface area (Å²) >= 11 is 0. The largest absolute Gasteiger partial charge is 0.425 e. The van der Waals surface area contributed by atoms with Crippen LogP contribution in [0.15, 0.2) is 0 Å². The average Bonchev–Trinajstić information content (AvgIpc) is 3.06. The van der Waals surface area contributed by atoms with Crippen molar-refractivity contribution >= 4 is 17.8 Å². The molecule has 0 N–H and O–H groups in total. The number of hydrogen-bond acceptors (Lipinski definition) is 8. The third-order valence-corrected chi connectivity index (χ3v) is 3.89. The fourth-order valence-corrected chi connectivity index (χ4v) is 2.65. The standard InChI is InChI=1S/C16H26N2O8/c1-3-4-9-15(20)25-12(2)26-16(21)13-7-5-10-17(13)14(19)8-6-11-24-18(22)23/h12-13H,3-11H2,1-2H3. The molecular weight excluding hydrogens is 348 g/mol. The molecule has 148 valence electrons. The molecule has 0 aromatic carbocycles. The van der Waals surface area contributed by atoms with Gasteiger partial charge in [0.1, 0.15) is 6.04 Å². The van der Waals surface area contributed by atoms with Crippen LogP contribution in [0.25, 0.3) is 0 Å². The summed E-state index contributed by atoms with van der Waals surface area (Å²) in [7, 11) is 0. The molecule has 26 heavy (non-hydrogen) atoms. The fraction of sp³-hybridized carbons (Fsp3) is 0.812. The zero-order valence-electron chi connectivity index (χ0n) is 15.2. The number of carbonyl (C=O) groups excluding carboxylic acids is 3. The topological polar surface area (TPSA) is 125 Å². The molecule has 2 unspecified atom stereocenters. The number of likely N-dealkylation sites (tertiary alicyclic amines) is 1. The zero-order valence-corrected chi connectivity index (χ0v) is 15.2. The van der Waals surface area contributed by atoms with E-state index in [0.29, 0.717) is 25.8 Å². The SMILES string of the molecule is CCCCC(=O)OC(C)OC(=O)C1CCCN1C(=O)CCCO[N+](=O)[O-]. The number of carbonyl (C=O) groups is 3. The molecule has 10 nitrogen and oxygen atoms in total. The van der Waals surface area contributed by atoms with Crippen molar-refractivity contribution in [1.82, 2.24) is 4.90 Å².